The van der Waals surface area contributed by atoms with Gasteiger partial charge in [0, 0.05) is 29.4 Å². The van der Waals surface area contributed by atoms with Crippen molar-refractivity contribution in [3.05, 3.63) is 64.7 Å². The molecule has 0 atom stereocenters. The van der Waals surface area contributed by atoms with Crippen LogP contribution in [0.2, 0.25) is 5.02 Å². The Bertz CT molecular complexity index is 846. The summed E-state index contributed by atoms with van der Waals surface area (Å²) in [5.74, 6) is -2.92. The molecule has 0 aliphatic heterocycles. The summed E-state index contributed by atoms with van der Waals surface area (Å²) in [6, 6.07) is 10.5. The van der Waals surface area contributed by atoms with Gasteiger partial charge in [-0.1, -0.05) is 23.7 Å². The zero-order valence-electron chi connectivity index (χ0n) is 15.6. The largest absolute Gasteiger partial charge is 0.346 e. The minimum absolute atomic E-state index is 0.0979. The number of nitrogens with one attached hydrogen (secondary N) is 2. The molecule has 0 bridgehead atoms. The summed E-state index contributed by atoms with van der Waals surface area (Å²) in [6.07, 6.45) is 0. The van der Waals surface area contributed by atoms with Crippen LogP contribution in [0.1, 0.15) is 19.4 Å². The van der Waals surface area contributed by atoms with Crippen molar-refractivity contribution in [3.8, 4) is 0 Å². The molecule has 0 spiro atoms. The second kappa shape index (κ2) is 10.1. The van der Waals surface area contributed by atoms with Crippen LogP contribution >= 0.6 is 11.6 Å². The molecule has 0 saturated carbocycles. The molecule has 2 aromatic carbocycles. The van der Waals surface area contributed by atoms with E-state index in [9.17, 15) is 18.4 Å². The van der Waals surface area contributed by atoms with Crippen LogP contribution in [0.4, 0.5) is 14.5 Å². The zero-order valence-corrected chi connectivity index (χ0v) is 16.4. The van der Waals surface area contributed by atoms with Crippen LogP contribution in [0.15, 0.2) is 42.5 Å². The van der Waals surface area contributed by atoms with Gasteiger partial charge in [0.05, 0.1) is 13.1 Å². The molecule has 0 radical (unpaired) electrons. The van der Waals surface area contributed by atoms with Crippen molar-refractivity contribution < 1.29 is 18.4 Å². The highest BCUT2D eigenvalue weighted by atomic mass is 35.5. The van der Waals surface area contributed by atoms with Crippen LogP contribution in [-0.4, -0.2) is 35.8 Å². The topological polar surface area (TPSA) is 61.4 Å². The minimum Gasteiger partial charge on any atom is -0.346 e. The third-order valence-corrected chi connectivity index (χ3v) is 4.24. The first kappa shape index (κ1) is 21.8. The average molecular weight is 410 g/mol. The number of carbonyl (C=O) groups is 2. The maximum Gasteiger partial charge on any atom is 0.243 e. The van der Waals surface area contributed by atoms with E-state index in [1.54, 1.807) is 6.07 Å². The third-order valence-electron chi connectivity index (χ3n) is 4.00. The molecule has 0 fully saturated rings. The summed E-state index contributed by atoms with van der Waals surface area (Å²) in [4.78, 5) is 26.0. The highest BCUT2D eigenvalue weighted by Gasteiger charge is 2.15. The fourth-order valence-electron chi connectivity index (χ4n) is 2.49. The molecule has 0 aliphatic rings. The van der Waals surface area contributed by atoms with E-state index >= 15 is 0 Å². The van der Waals surface area contributed by atoms with E-state index in [0.717, 1.165) is 17.7 Å². The predicted octanol–water partition coefficient (Wildman–Crippen LogP) is 3.58. The number of amides is 2. The number of halogens is 3. The van der Waals surface area contributed by atoms with Crippen molar-refractivity contribution in [3.63, 3.8) is 0 Å². The summed E-state index contributed by atoms with van der Waals surface area (Å²) in [5, 5.41) is 5.55. The Morgan fingerprint density at radius 1 is 1.07 bits per heavy atom. The molecule has 2 rings (SSSR count). The third kappa shape index (κ3) is 6.90. The zero-order chi connectivity index (χ0) is 20.7. The lowest BCUT2D eigenvalue weighted by Gasteiger charge is -2.26. The molecule has 8 heteroatoms. The molecule has 0 saturated heterocycles. The highest BCUT2D eigenvalue weighted by molar-refractivity contribution is 6.30. The summed E-state index contributed by atoms with van der Waals surface area (Å²) in [5.41, 5.74) is 1.09. The Kier molecular flexibility index (Phi) is 7.90. The van der Waals surface area contributed by atoms with E-state index in [4.69, 9.17) is 11.6 Å². The number of rotatable bonds is 8. The van der Waals surface area contributed by atoms with Crippen molar-refractivity contribution in [1.29, 1.82) is 0 Å². The van der Waals surface area contributed by atoms with Gasteiger partial charge in [-0.2, -0.15) is 0 Å². The molecule has 2 aromatic rings. The summed E-state index contributed by atoms with van der Waals surface area (Å²) < 4.78 is 26.1. The molecular weight excluding hydrogens is 388 g/mol. The lowest BCUT2D eigenvalue weighted by atomic mass is 10.2. The monoisotopic (exact) mass is 409 g/mol. The van der Waals surface area contributed by atoms with E-state index in [0.29, 0.717) is 11.6 Å². The molecule has 0 aliphatic carbocycles. The highest BCUT2D eigenvalue weighted by Crippen LogP contribution is 2.14. The number of benzene rings is 2. The van der Waals surface area contributed by atoms with Gasteiger partial charge in [-0.3, -0.25) is 14.5 Å². The maximum atomic E-state index is 13.2. The number of hydrogen-bond donors (Lipinski definition) is 2. The smallest absolute Gasteiger partial charge is 0.243 e. The van der Waals surface area contributed by atoms with Crippen LogP contribution < -0.4 is 10.6 Å². The molecule has 28 heavy (non-hydrogen) atoms. The van der Waals surface area contributed by atoms with E-state index in [-0.39, 0.29) is 30.7 Å². The second-order valence-electron chi connectivity index (χ2n) is 6.58. The summed E-state index contributed by atoms with van der Waals surface area (Å²) in [6.45, 7) is 4.29. The van der Waals surface area contributed by atoms with Crippen molar-refractivity contribution in [2.45, 2.75) is 26.4 Å². The molecule has 0 unspecified atom stereocenters. The first-order valence-electron chi connectivity index (χ1n) is 8.74. The molecule has 150 valence electrons. The Labute approximate surface area is 167 Å². The van der Waals surface area contributed by atoms with E-state index < -0.39 is 17.5 Å². The van der Waals surface area contributed by atoms with Gasteiger partial charge in [0.1, 0.15) is 0 Å². The molecule has 5 nitrogen and oxygen atoms in total. The number of carbonyl (C=O) groups excluding carboxylic acids is 2. The lowest BCUT2D eigenvalue weighted by Crippen LogP contribution is -2.42. The Morgan fingerprint density at radius 2 is 1.82 bits per heavy atom. The first-order valence-corrected chi connectivity index (χ1v) is 9.12. The predicted molar refractivity (Wildman–Crippen MR) is 105 cm³/mol. The van der Waals surface area contributed by atoms with Gasteiger partial charge in [0.2, 0.25) is 11.8 Å². The Morgan fingerprint density at radius 3 is 2.46 bits per heavy atom. The van der Waals surface area contributed by atoms with Gasteiger partial charge in [-0.05, 0) is 43.7 Å². The maximum absolute atomic E-state index is 13.2. The fraction of sp³-hybridized carbons (Fsp3) is 0.300. The SMILES string of the molecule is CC(C)N(CC(=O)NCC(=O)Nc1ccc(F)c(F)c1)Cc1cccc(Cl)c1. The Balaban J connectivity index is 1.84. The molecule has 2 N–H and O–H groups in total. The fourth-order valence-corrected chi connectivity index (χ4v) is 2.70. The van der Waals surface area contributed by atoms with Crippen LogP contribution in [0, 0.1) is 11.6 Å². The quantitative estimate of drug-likeness (QED) is 0.700. The van der Waals surface area contributed by atoms with E-state index in [2.05, 4.69) is 10.6 Å². The summed E-state index contributed by atoms with van der Waals surface area (Å²) in [7, 11) is 0. The van der Waals surface area contributed by atoms with Gasteiger partial charge >= 0.3 is 0 Å². The van der Waals surface area contributed by atoms with Crippen LogP contribution in [0.5, 0.6) is 0 Å². The van der Waals surface area contributed by atoms with Crippen molar-refractivity contribution in [2.24, 2.45) is 0 Å². The lowest BCUT2D eigenvalue weighted by molar-refractivity contribution is -0.125. The molecular formula is C20H22ClF2N3O2. The van der Waals surface area contributed by atoms with Gasteiger partial charge in [-0.15, -0.1) is 0 Å². The van der Waals surface area contributed by atoms with Gasteiger partial charge < -0.3 is 10.6 Å². The Hall–Kier alpha value is -2.51. The number of anilines is 1. The molecule has 0 aromatic heterocycles. The van der Waals surface area contributed by atoms with Crippen LogP contribution in [-0.2, 0) is 16.1 Å². The van der Waals surface area contributed by atoms with Gasteiger partial charge in [0.15, 0.2) is 11.6 Å². The van der Waals surface area contributed by atoms with E-state index in [1.807, 2.05) is 36.9 Å². The number of hydrogen-bond acceptors (Lipinski definition) is 3. The van der Waals surface area contributed by atoms with Gasteiger partial charge in [0.25, 0.3) is 0 Å². The van der Waals surface area contributed by atoms with Crippen LogP contribution in [0.3, 0.4) is 0 Å². The average Bonchev–Trinajstić information content (AvgIpc) is 2.62. The van der Waals surface area contributed by atoms with Crippen molar-refractivity contribution in [2.75, 3.05) is 18.4 Å². The molecule has 2 amide bonds. The standard InChI is InChI=1S/C20H22ClF2N3O2/c1-13(2)26(11-14-4-3-5-15(21)8-14)12-20(28)24-10-19(27)25-16-6-7-17(22)18(23)9-16/h3-9,13H,10-12H2,1-2H3,(H,24,28)(H,25,27). The first-order chi connectivity index (χ1) is 13.2. The van der Waals surface area contributed by atoms with Crippen LogP contribution in [0.25, 0.3) is 0 Å². The normalized spacial score (nSPS) is 11.0. The second-order valence-corrected chi connectivity index (χ2v) is 7.02. The molecule has 0 heterocycles. The number of nitrogens with zero attached hydrogens (tertiary/aromatic N) is 1. The van der Waals surface area contributed by atoms with Crippen molar-refractivity contribution >= 4 is 29.1 Å². The summed E-state index contributed by atoms with van der Waals surface area (Å²) >= 11 is 6.00. The van der Waals surface area contributed by atoms with Crippen molar-refractivity contribution in [1.82, 2.24) is 10.2 Å². The van der Waals surface area contributed by atoms with E-state index in [1.165, 1.54) is 6.07 Å². The minimum atomic E-state index is -1.06. The van der Waals surface area contributed by atoms with Gasteiger partial charge in [-0.25, -0.2) is 8.78 Å².